The lowest BCUT2D eigenvalue weighted by Gasteiger charge is -2.13. The molecular weight excluding hydrogens is 363 g/mol. The third kappa shape index (κ3) is 3.32. The van der Waals surface area contributed by atoms with E-state index in [4.69, 9.17) is 4.74 Å². The van der Waals surface area contributed by atoms with Crippen molar-refractivity contribution in [2.24, 2.45) is 0 Å². The Morgan fingerprint density at radius 2 is 1.93 bits per heavy atom. The lowest BCUT2D eigenvalue weighted by molar-refractivity contribution is 0.102. The standard InChI is InChI=1S/C20H17FN4O3/c1-13-12-17(23-25(13)18-5-3-2-4-16(18)21)19(26)22-14-6-8-15(9-7-14)24-10-11-28-20(24)27/h2-9,12H,10-11H2,1H3,(H,22,26). The van der Waals surface area contributed by atoms with Crippen LogP contribution in [0.1, 0.15) is 16.2 Å². The first kappa shape index (κ1) is 17.7. The molecule has 1 aromatic heterocycles. The average molecular weight is 380 g/mol. The maximum Gasteiger partial charge on any atom is 0.414 e. The molecule has 0 radical (unpaired) electrons. The van der Waals surface area contributed by atoms with E-state index in [0.717, 1.165) is 0 Å². The van der Waals surface area contributed by atoms with E-state index in [9.17, 15) is 14.0 Å². The van der Waals surface area contributed by atoms with Crippen molar-refractivity contribution in [1.29, 1.82) is 0 Å². The van der Waals surface area contributed by atoms with Gasteiger partial charge in [0.05, 0.1) is 6.54 Å². The van der Waals surface area contributed by atoms with Gasteiger partial charge in [-0.25, -0.2) is 13.9 Å². The molecule has 0 bridgehead atoms. The van der Waals surface area contributed by atoms with E-state index in [1.807, 2.05) is 0 Å². The van der Waals surface area contributed by atoms with Gasteiger partial charge in [0, 0.05) is 17.1 Å². The van der Waals surface area contributed by atoms with Crippen LogP contribution in [0.3, 0.4) is 0 Å². The summed E-state index contributed by atoms with van der Waals surface area (Å²) >= 11 is 0. The molecular formula is C20H17FN4O3. The molecule has 0 aliphatic carbocycles. The van der Waals surface area contributed by atoms with Crippen molar-refractivity contribution in [3.05, 3.63) is 71.8 Å². The second-order valence-corrected chi connectivity index (χ2v) is 6.30. The molecule has 7 nitrogen and oxygen atoms in total. The number of halogens is 1. The number of carbonyl (C=O) groups is 2. The highest BCUT2D eigenvalue weighted by atomic mass is 19.1. The zero-order chi connectivity index (χ0) is 19.7. The fourth-order valence-corrected chi connectivity index (χ4v) is 3.00. The minimum absolute atomic E-state index is 0.174. The number of rotatable bonds is 4. The predicted octanol–water partition coefficient (Wildman–Crippen LogP) is 3.53. The molecule has 1 aliphatic rings. The highest BCUT2D eigenvalue weighted by molar-refractivity contribution is 6.03. The van der Waals surface area contributed by atoms with Gasteiger partial charge in [0.2, 0.25) is 0 Å². The molecule has 28 heavy (non-hydrogen) atoms. The van der Waals surface area contributed by atoms with Crippen LogP contribution in [0.4, 0.5) is 20.6 Å². The number of cyclic esters (lactones) is 1. The summed E-state index contributed by atoms with van der Waals surface area (Å²) in [6.07, 6.45) is -0.383. The summed E-state index contributed by atoms with van der Waals surface area (Å²) < 4.78 is 20.3. The fraction of sp³-hybridized carbons (Fsp3) is 0.150. The molecule has 1 N–H and O–H groups in total. The van der Waals surface area contributed by atoms with E-state index in [1.54, 1.807) is 55.5 Å². The minimum atomic E-state index is -0.420. The number of para-hydroxylation sites is 1. The second-order valence-electron chi connectivity index (χ2n) is 6.30. The van der Waals surface area contributed by atoms with Gasteiger partial charge in [-0.1, -0.05) is 12.1 Å². The predicted molar refractivity (Wildman–Crippen MR) is 101 cm³/mol. The Labute approximate surface area is 160 Å². The first-order valence-electron chi connectivity index (χ1n) is 8.70. The number of nitrogens with zero attached hydrogens (tertiary/aromatic N) is 3. The Morgan fingerprint density at radius 3 is 2.61 bits per heavy atom. The summed E-state index contributed by atoms with van der Waals surface area (Å²) in [5.74, 6) is -0.830. The van der Waals surface area contributed by atoms with E-state index < -0.39 is 11.7 Å². The molecule has 2 aromatic carbocycles. The van der Waals surface area contributed by atoms with Gasteiger partial charge >= 0.3 is 6.09 Å². The molecule has 1 saturated heterocycles. The van der Waals surface area contributed by atoms with Crippen LogP contribution >= 0.6 is 0 Å². The summed E-state index contributed by atoms with van der Waals surface area (Å²) in [5, 5.41) is 6.97. The number of ether oxygens (including phenoxy) is 1. The number of aryl methyl sites for hydroxylation is 1. The first-order chi connectivity index (χ1) is 13.5. The van der Waals surface area contributed by atoms with Crippen LogP contribution in [-0.2, 0) is 4.74 Å². The SMILES string of the molecule is Cc1cc(C(=O)Nc2ccc(N3CCOC3=O)cc2)nn1-c1ccccc1F. The highest BCUT2D eigenvalue weighted by Gasteiger charge is 2.23. The number of hydrogen-bond donors (Lipinski definition) is 1. The molecule has 2 heterocycles. The van der Waals surface area contributed by atoms with Gasteiger partial charge < -0.3 is 10.1 Å². The number of nitrogens with one attached hydrogen (secondary N) is 1. The van der Waals surface area contributed by atoms with E-state index in [1.165, 1.54) is 15.6 Å². The largest absolute Gasteiger partial charge is 0.447 e. The van der Waals surface area contributed by atoms with Crippen molar-refractivity contribution >= 4 is 23.4 Å². The molecule has 1 aliphatic heterocycles. The fourth-order valence-electron chi connectivity index (χ4n) is 3.00. The zero-order valence-electron chi connectivity index (χ0n) is 15.1. The van der Waals surface area contributed by atoms with E-state index >= 15 is 0 Å². The lowest BCUT2D eigenvalue weighted by atomic mass is 10.2. The van der Waals surface area contributed by atoms with Crippen LogP contribution in [0.15, 0.2) is 54.6 Å². The molecule has 4 rings (SSSR count). The van der Waals surface area contributed by atoms with Crippen LogP contribution in [0, 0.1) is 12.7 Å². The van der Waals surface area contributed by atoms with Crippen molar-refractivity contribution in [2.45, 2.75) is 6.92 Å². The maximum absolute atomic E-state index is 14.0. The number of aromatic nitrogens is 2. The maximum atomic E-state index is 14.0. The van der Waals surface area contributed by atoms with Crippen LogP contribution in [0.25, 0.3) is 5.69 Å². The number of anilines is 2. The third-order valence-corrected chi connectivity index (χ3v) is 4.40. The molecule has 3 aromatic rings. The Bertz CT molecular complexity index is 1050. The molecule has 142 valence electrons. The Hall–Kier alpha value is -3.68. The van der Waals surface area contributed by atoms with Crippen LogP contribution in [0.5, 0.6) is 0 Å². The Morgan fingerprint density at radius 1 is 1.18 bits per heavy atom. The van der Waals surface area contributed by atoms with Crippen molar-refractivity contribution in [3.63, 3.8) is 0 Å². The first-order valence-corrected chi connectivity index (χ1v) is 8.70. The van der Waals surface area contributed by atoms with Crippen molar-refractivity contribution in [1.82, 2.24) is 9.78 Å². The Kier molecular flexibility index (Phi) is 4.52. The van der Waals surface area contributed by atoms with Crippen LogP contribution in [0.2, 0.25) is 0 Å². The van der Waals surface area contributed by atoms with Gasteiger partial charge in [-0.05, 0) is 49.4 Å². The third-order valence-electron chi connectivity index (χ3n) is 4.40. The van der Waals surface area contributed by atoms with Gasteiger partial charge in [0.1, 0.15) is 18.1 Å². The molecule has 0 spiro atoms. The van der Waals surface area contributed by atoms with Gasteiger partial charge in [-0.15, -0.1) is 0 Å². The molecule has 1 fully saturated rings. The number of amides is 2. The Balaban J connectivity index is 1.51. The van der Waals surface area contributed by atoms with Crippen LogP contribution in [-0.4, -0.2) is 34.9 Å². The number of hydrogen-bond acceptors (Lipinski definition) is 4. The normalized spacial score (nSPS) is 13.5. The molecule has 0 atom stereocenters. The lowest BCUT2D eigenvalue weighted by Crippen LogP contribution is -2.23. The number of benzene rings is 2. The van der Waals surface area contributed by atoms with Gasteiger partial charge in [0.25, 0.3) is 5.91 Å². The minimum Gasteiger partial charge on any atom is -0.447 e. The van der Waals surface area contributed by atoms with Crippen molar-refractivity contribution in [3.8, 4) is 5.69 Å². The molecule has 2 amide bonds. The van der Waals surface area contributed by atoms with Gasteiger partial charge in [-0.2, -0.15) is 5.10 Å². The van der Waals surface area contributed by atoms with Crippen molar-refractivity contribution in [2.75, 3.05) is 23.4 Å². The molecule has 8 heteroatoms. The summed E-state index contributed by atoms with van der Waals surface area (Å²) in [6.45, 7) is 2.61. The molecule has 0 saturated carbocycles. The summed E-state index contributed by atoms with van der Waals surface area (Å²) in [4.78, 5) is 25.6. The summed E-state index contributed by atoms with van der Waals surface area (Å²) in [6, 6.07) is 14.7. The van der Waals surface area contributed by atoms with Crippen molar-refractivity contribution < 1.29 is 18.7 Å². The van der Waals surface area contributed by atoms with Gasteiger partial charge in [-0.3, -0.25) is 9.69 Å². The summed E-state index contributed by atoms with van der Waals surface area (Å²) in [7, 11) is 0. The molecule has 0 unspecified atom stereocenters. The smallest absolute Gasteiger partial charge is 0.414 e. The topological polar surface area (TPSA) is 76.5 Å². The van der Waals surface area contributed by atoms with Gasteiger partial charge in [0.15, 0.2) is 5.69 Å². The summed E-state index contributed by atoms with van der Waals surface area (Å²) in [5.41, 5.74) is 2.34. The monoisotopic (exact) mass is 380 g/mol. The number of carbonyl (C=O) groups excluding carboxylic acids is 2. The second kappa shape index (κ2) is 7.15. The quantitative estimate of drug-likeness (QED) is 0.751. The van der Waals surface area contributed by atoms with E-state index in [0.29, 0.717) is 30.2 Å². The average Bonchev–Trinajstić information content (AvgIpc) is 3.29. The zero-order valence-corrected chi connectivity index (χ0v) is 15.1. The highest BCUT2D eigenvalue weighted by Crippen LogP contribution is 2.22. The van der Waals surface area contributed by atoms with E-state index in [-0.39, 0.29) is 17.5 Å². The van der Waals surface area contributed by atoms with E-state index in [2.05, 4.69) is 10.4 Å². The van der Waals surface area contributed by atoms with Crippen LogP contribution < -0.4 is 10.2 Å².